The minimum Gasteiger partial charge on any atom is -0.315 e. The molecular weight excluding hydrogens is 234 g/mol. The SMILES string of the molecule is CCN(Cc1ccncc1)C1CCC(C)(C)C1NC. The van der Waals surface area contributed by atoms with E-state index < -0.39 is 0 Å². The second kappa shape index (κ2) is 6.02. The van der Waals surface area contributed by atoms with Crippen LogP contribution in [-0.2, 0) is 6.54 Å². The lowest BCUT2D eigenvalue weighted by Gasteiger charge is -2.36. The normalized spacial score (nSPS) is 25.9. The summed E-state index contributed by atoms with van der Waals surface area (Å²) in [5, 5.41) is 3.55. The number of hydrogen-bond acceptors (Lipinski definition) is 3. The second-order valence-corrected chi connectivity index (χ2v) is 6.28. The lowest BCUT2D eigenvalue weighted by atomic mass is 9.86. The molecule has 2 unspecified atom stereocenters. The van der Waals surface area contributed by atoms with Crippen LogP contribution in [0.3, 0.4) is 0 Å². The van der Waals surface area contributed by atoms with E-state index in [0.29, 0.717) is 17.5 Å². The number of pyridine rings is 1. The third-order valence-electron chi connectivity index (χ3n) is 4.63. The van der Waals surface area contributed by atoms with Crippen molar-refractivity contribution < 1.29 is 0 Å². The van der Waals surface area contributed by atoms with Crippen LogP contribution in [0.2, 0.25) is 0 Å². The monoisotopic (exact) mass is 261 g/mol. The fraction of sp³-hybridized carbons (Fsp3) is 0.688. The van der Waals surface area contributed by atoms with Crippen molar-refractivity contribution in [3.63, 3.8) is 0 Å². The molecule has 3 heteroatoms. The molecule has 0 radical (unpaired) electrons. The maximum atomic E-state index is 4.10. The number of nitrogens with zero attached hydrogens (tertiary/aromatic N) is 2. The first-order chi connectivity index (χ1) is 9.08. The van der Waals surface area contributed by atoms with Crippen LogP contribution in [-0.4, -0.2) is 35.6 Å². The van der Waals surface area contributed by atoms with Crippen LogP contribution in [0.5, 0.6) is 0 Å². The largest absolute Gasteiger partial charge is 0.315 e. The first-order valence-electron chi connectivity index (χ1n) is 7.38. The van der Waals surface area contributed by atoms with Gasteiger partial charge in [-0.3, -0.25) is 9.88 Å². The van der Waals surface area contributed by atoms with Crippen molar-refractivity contribution in [2.75, 3.05) is 13.6 Å². The van der Waals surface area contributed by atoms with E-state index in [4.69, 9.17) is 0 Å². The number of rotatable bonds is 5. The average molecular weight is 261 g/mol. The Bertz CT molecular complexity index is 388. The molecule has 1 aliphatic rings. The molecule has 1 N–H and O–H groups in total. The molecule has 1 aromatic rings. The van der Waals surface area contributed by atoms with E-state index in [1.54, 1.807) is 0 Å². The molecule has 0 bridgehead atoms. The van der Waals surface area contributed by atoms with Crippen LogP contribution in [0, 0.1) is 5.41 Å². The van der Waals surface area contributed by atoms with Gasteiger partial charge in [0.2, 0.25) is 0 Å². The van der Waals surface area contributed by atoms with E-state index in [-0.39, 0.29) is 0 Å². The Labute approximate surface area is 117 Å². The average Bonchev–Trinajstić information content (AvgIpc) is 2.72. The van der Waals surface area contributed by atoms with Crippen LogP contribution in [0.25, 0.3) is 0 Å². The molecule has 1 saturated carbocycles. The quantitative estimate of drug-likeness (QED) is 0.883. The summed E-state index contributed by atoms with van der Waals surface area (Å²) in [5.41, 5.74) is 1.75. The van der Waals surface area contributed by atoms with Crippen molar-refractivity contribution in [1.29, 1.82) is 0 Å². The summed E-state index contributed by atoms with van der Waals surface area (Å²) >= 11 is 0. The van der Waals surface area contributed by atoms with Crippen molar-refractivity contribution in [3.05, 3.63) is 30.1 Å². The van der Waals surface area contributed by atoms with E-state index >= 15 is 0 Å². The van der Waals surface area contributed by atoms with Crippen molar-refractivity contribution in [2.24, 2.45) is 5.41 Å². The molecule has 0 spiro atoms. The third-order valence-corrected chi connectivity index (χ3v) is 4.63. The topological polar surface area (TPSA) is 28.2 Å². The molecule has 0 amide bonds. The Morgan fingerprint density at radius 1 is 1.37 bits per heavy atom. The van der Waals surface area contributed by atoms with Gasteiger partial charge < -0.3 is 5.32 Å². The maximum Gasteiger partial charge on any atom is 0.0271 e. The van der Waals surface area contributed by atoms with Crippen molar-refractivity contribution in [3.8, 4) is 0 Å². The van der Waals surface area contributed by atoms with Gasteiger partial charge in [0.25, 0.3) is 0 Å². The lowest BCUT2D eigenvalue weighted by molar-refractivity contribution is 0.148. The van der Waals surface area contributed by atoms with Crippen molar-refractivity contribution in [1.82, 2.24) is 15.2 Å². The van der Waals surface area contributed by atoms with E-state index in [2.05, 4.69) is 55.2 Å². The Balaban J connectivity index is 2.10. The predicted octanol–water partition coefficient (Wildman–Crippen LogP) is 2.68. The standard InChI is InChI=1S/C16H27N3/c1-5-19(12-13-7-10-18-11-8-13)14-6-9-16(2,3)15(14)17-4/h7-8,10-11,14-15,17H,5-6,9,12H2,1-4H3. The third kappa shape index (κ3) is 3.15. The minimum absolute atomic E-state index is 0.394. The second-order valence-electron chi connectivity index (χ2n) is 6.28. The van der Waals surface area contributed by atoms with Gasteiger partial charge in [0.05, 0.1) is 0 Å². The summed E-state index contributed by atoms with van der Waals surface area (Å²) in [6.07, 6.45) is 6.36. The van der Waals surface area contributed by atoms with Gasteiger partial charge in [-0.1, -0.05) is 20.8 Å². The Kier molecular flexibility index (Phi) is 4.58. The zero-order valence-electron chi connectivity index (χ0n) is 12.7. The van der Waals surface area contributed by atoms with Crippen LogP contribution in [0.1, 0.15) is 39.2 Å². The molecular formula is C16H27N3. The summed E-state index contributed by atoms with van der Waals surface area (Å²) in [5.74, 6) is 0. The molecule has 2 atom stereocenters. The number of nitrogens with one attached hydrogen (secondary N) is 1. The highest BCUT2D eigenvalue weighted by atomic mass is 15.2. The molecule has 1 aliphatic carbocycles. The molecule has 1 heterocycles. The lowest BCUT2D eigenvalue weighted by Crippen LogP contribution is -2.50. The van der Waals surface area contributed by atoms with Gasteiger partial charge >= 0.3 is 0 Å². The summed E-state index contributed by atoms with van der Waals surface area (Å²) in [6, 6.07) is 5.46. The number of aromatic nitrogens is 1. The number of likely N-dealkylation sites (N-methyl/N-ethyl adjacent to an activating group) is 2. The van der Waals surface area contributed by atoms with E-state index in [1.807, 2.05) is 12.4 Å². The molecule has 19 heavy (non-hydrogen) atoms. The summed E-state index contributed by atoms with van der Waals surface area (Å²) in [6.45, 7) is 9.15. The van der Waals surface area contributed by atoms with E-state index in [9.17, 15) is 0 Å². The zero-order valence-corrected chi connectivity index (χ0v) is 12.7. The van der Waals surface area contributed by atoms with Gasteiger partial charge in [-0.05, 0) is 49.5 Å². The van der Waals surface area contributed by atoms with E-state index in [1.165, 1.54) is 18.4 Å². The van der Waals surface area contributed by atoms with Gasteiger partial charge in [0.1, 0.15) is 0 Å². The summed E-state index contributed by atoms with van der Waals surface area (Å²) < 4.78 is 0. The van der Waals surface area contributed by atoms with Gasteiger partial charge in [-0.15, -0.1) is 0 Å². The Morgan fingerprint density at radius 2 is 2.05 bits per heavy atom. The van der Waals surface area contributed by atoms with Crippen LogP contribution in [0.4, 0.5) is 0 Å². The van der Waals surface area contributed by atoms with Crippen LogP contribution < -0.4 is 5.32 Å². The minimum atomic E-state index is 0.394. The Hall–Kier alpha value is -0.930. The molecule has 3 nitrogen and oxygen atoms in total. The summed E-state index contributed by atoms with van der Waals surface area (Å²) in [7, 11) is 2.10. The van der Waals surface area contributed by atoms with Crippen molar-refractivity contribution >= 4 is 0 Å². The van der Waals surface area contributed by atoms with Gasteiger partial charge in [-0.2, -0.15) is 0 Å². The fourth-order valence-electron chi connectivity index (χ4n) is 3.53. The maximum absolute atomic E-state index is 4.10. The van der Waals surface area contributed by atoms with Gasteiger partial charge in [0.15, 0.2) is 0 Å². The highest BCUT2D eigenvalue weighted by Gasteiger charge is 2.43. The molecule has 0 saturated heterocycles. The first kappa shape index (κ1) is 14.5. The molecule has 1 fully saturated rings. The van der Waals surface area contributed by atoms with Crippen LogP contribution in [0.15, 0.2) is 24.5 Å². The zero-order chi connectivity index (χ0) is 13.9. The number of hydrogen-bond donors (Lipinski definition) is 1. The Morgan fingerprint density at radius 3 is 2.63 bits per heavy atom. The highest BCUT2D eigenvalue weighted by molar-refractivity contribution is 5.11. The first-order valence-corrected chi connectivity index (χ1v) is 7.38. The molecule has 106 valence electrons. The summed E-state index contributed by atoms with van der Waals surface area (Å²) in [4.78, 5) is 6.70. The molecule has 0 aromatic carbocycles. The van der Waals surface area contributed by atoms with Crippen LogP contribution >= 0.6 is 0 Å². The fourth-order valence-corrected chi connectivity index (χ4v) is 3.53. The van der Waals surface area contributed by atoms with E-state index in [0.717, 1.165) is 13.1 Å². The smallest absolute Gasteiger partial charge is 0.0271 e. The van der Waals surface area contributed by atoms with Gasteiger partial charge in [0, 0.05) is 31.0 Å². The molecule has 0 aliphatic heterocycles. The molecule has 2 rings (SSSR count). The highest BCUT2D eigenvalue weighted by Crippen LogP contribution is 2.40. The van der Waals surface area contributed by atoms with Crippen molar-refractivity contribution in [2.45, 2.75) is 52.2 Å². The molecule has 1 aromatic heterocycles. The predicted molar refractivity (Wildman–Crippen MR) is 80.0 cm³/mol. The van der Waals surface area contributed by atoms with Gasteiger partial charge in [-0.25, -0.2) is 0 Å².